The van der Waals surface area contributed by atoms with Gasteiger partial charge in [-0.15, -0.1) is 0 Å². The fraction of sp³-hybridized carbons (Fsp3) is 0.200. The topological polar surface area (TPSA) is 60.4 Å². The van der Waals surface area contributed by atoms with E-state index in [0.29, 0.717) is 23.5 Å². The van der Waals surface area contributed by atoms with Crippen molar-refractivity contribution in [1.82, 2.24) is 5.01 Å². The first kappa shape index (κ1) is 20.5. The Hall–Kier alpha value is -3.80. The predicted octanol–water partition coefficient (Wildman–Crippen LogP) is 4.70. The number of carbonyl (C=O) groups excluding carboxylic acids is 1. The van der Waals surface area contributed by atoms with E-state index < -0.39 is 0 Å². The first-order valence-corrected chi connectivity index (χ1v) is 9.96. The third-order valence-corrected chi connectivity index (χ3v) is 5.30. The Kier molecular flexibility index (Phi) is 5.89. The summed E-state index contributed by atoms with van der Waals surface area (Å²) in [6.45, 7) is 0. The Morgan fingerprint density at radius 2 is 1.52 bits per heavy atom. The predicted molar refractivity (Wildman–Crippen MR) is 119 cm³/mol. The number of benzene rings is 3. The Labute approximate surface area is 181 Å². The van der Waals surface area contributed by atoms with Crippen molar-refractivity contribution in [2.45, 2.75) is 12.5 Å². The number of methoxy groups -OCH3 is 3. The highest BCUT2D eigenvalue weighted by Gasteiger charge is 2.34. The van der Waals surface area contributed by atoms with E-state index >= 15 is 0 Å². The maximum Gasteiger partial charge on any atom is 0.274 e. The van der Waals surface area contributed by atoms with Crippen molar-refractivity contribution >= 4 is 11.6 Å². The van der Waals surface area contributed by atoms with E-state index in [2.05, 4.69) is 0 Å². The second-order valence-corrected chi connectivity index (χ2v) is 7.16. The lowest BCUT2D eigenvalue weighted by atomic mass is 9.97. The van der Waals surface area contributed by atoms with Crippen molar-refractivity contribution in [3.05, 3.63) is 89.5 Å². The molecular weight excluding hydrogens is 392 g/mol. The van der Waals surface area contributed by atoms with Gasteiger partial charge in [0.2, 0.25) is 0 Å². The summed E-state index contributed by atoms with van der Waals surface area (Å²) < 4.78 is 16.2. The molecule has 0 fully saturated rings. The number of carbonyl (C=O) groups is 1. The van der Waals surface area contributed by atoms with Gasteiger partial charge in [0.1, 0.15) is 17.2 Å². The molecule has 0 aliphatic carbocycles. The first-order valence-electron chi connectivity index (χ1n) is 9.96. The Morgan fingerprint density at radius 3 is 2.16 bits per heavy atom. The maximum absolute atomic E-state index is 13.3. The van der Waals surface area contributed by atoms with Crippen molar-refractivity contribution in [3.63, 3.8) is 0 Å². The van der Waals surface area contributed by atoms with Crippen LogP contribution in [0.4, 0.5) is 0 Å². The number of rotatable bonds is 6. The Bertz CT molecular complexity index is 1090. The molecular formula is C25H24N2O4. The summed E-state index contributed by atoms with van der Waals surface area (Å²) >= 11 is 0. The van der Waals surface area contributed by atoms with Crippen LogP contribution in [0.1, 0.15) is 33.9 Å². The van der Waals surface area contributed by atoms with E-state index in [-0.39, 0.29) is 11.9 Å². The van der Waals surface area contributed by atoms with Crippen molar-refractivity contribution < 1.29 is 19.0 Å². The molecule has 0 radical (unpaired) electrons. The van der Waals surface area contributed by atoms with E-state index in [0.717, 1.165) is 22.6 Å². The van der Waals surface area contributed by atoms with Gasteiger partial charge in [0.15, 0.2) is 0 Å². The summed E-state index contributed by atoms with van der Waals surface area (Å²) in [5.41, 5.74) is 3.18. The molecule has 158 valence electrons. The standard InChI is InChI=1S/C25H24N2O4/c1-29-20-11-7-10-18(12-20)24-16-23(19-13-21(30-2)15-22(14-19)31-3)26-27(24)25(28)17-8-5-4-6-9-17/h4-15,24H,16H2,1-3H3. The molecule has 1 amide bonds. The van der Waals surface area contributed by atoms with Gasteiger partial charge in [0, 0.05) is 23.6 Å². The molecule has 1 unspecified atom stereocenters. The largest absolute Gasteiger partial charge is 0.497 e. The van der Waals surface area contributed by atoms with Crippen LogP contribution in [0.2, 0.25) is 0 Å². The molecule has 0 bridgehead atoms. The molecule has 0 saturated heterocycles. The lowest BCUT2D eigenvalue weighted by Crippen LogP contribution is -2.27. The van der Waals surface area contributed by atoms with Crippen LogP contribution in [-0.4, -0.2) is 38.0 Å². The molecule has 1 aliphatic heterocycles. The normalized spacial score (nSPS) is 15.4. The lowest BCUT2D eigenvalue weighted by molar-refractivity contribution is 0.0711. The van der Waals surface area contributed by atoms with Crippen molar-refractivity contribution in [2.75, 3.05) is 21.3 Å². The number of hydrogen-bond acceptors (Lipinski definition) is 5. The van der Waals surface area contributed by atoms with E-state index in [1.54, 1.807) is 38.5 Å². The van der Waals surface area contributed by atoms with Crippen LogP contribution in [0.5, 0.6) is 17.2 Å². The molecule has 0 aromatic heterocycles. The highest BCUT2D eigenvalue weighted by Crippen LogP contribution is 2.36. The molecule has 0 saturated carbocycles. The summed E-state index contributed by atoms with van der Waals surface area (Å²) in [6, 6.07) is 22.3. The zero-order valence-corrected chi connectivity index (χ0v) is 17.7. The van der Waals surface area contributed by atoms with E-state index in [4.69, 9.17) is 19.3 Å². The highest BCUT2D eigenvalue weighted by atomic mass is 16.5. The minimum Gasteiger partial charge on any atom is -0.497 e. The van der Waals surface area contributed by atoms with Crippen LogP contribution < -0.4 is 14.2 Å². The summed E-state index contributed by atoms with van der Waals surface area (Å²) in [5.74, 6) is 1.92. The van der Waals surface area contributed by atoms with Crippen molar-refractivity contribution in [1.29, 1.82) is 0 Å². The molecule has 6 heteroatoms. The summed E-state index contributed by atoms with van der Waals surface area (Å²) in [5, 5.41) is 6.31. The molecule has 3 aromatic rings. The second kappa shape index (κ2) is 8.92. The third-order valence-electron chi connectivity index (χ3n) is 5.30. The highest BCUT2D eigenvalue weighted by molar-refractivity contribution is 6.05. The van der Waals surface area contributed by atoms with E-state index in [1.165, 1.54) is 0 Å². The zero-order chi connectivity index (χ0) is 21.8. The number of hydrogen-bond donors (Lipinski definition) is 0. The molecule has 1 heterocycles. The average Bonchev–Trinajstić information content (AvgIpc) is 3.29. The number of hydrazone groups is 1. The second-order valence-electron chi connectivity index (χ2n) is 7.16. The van der Waals surface area contributed by atoms with Gasteiger partial charge in [-0.1, -0.05) is 30.3 Å². The van der Waals surface area contributed by atoms with Crippen LogP contribution in [0, 0.1) is 0 Å². The van der Waals surface area contributed by atoms with Gasteiger partial charge in [-0.25, -0.2) is 5.01 Å². The molecule has 3 aromatic carbocycles. The minimum absolute atomic E-state index is 0.154. The third kappa shape index (κ3) is 4.23. The van der Waals surface area contributed by atoms with Crippen molar-refractivity contribution in [2.24, 2.45) is 5.10 Å². The SMILES string of the molecule is COc1cc(OC)cc(C2=NN(C(=O)c3ccccc3)C(c3cccc(OC)c3)C2)c1. The zero-order valence-electron chi connectivity index (χ0n) is 17.7. The summed E-state index contributed by atoms with van der Waals surface area (Å²) in [4.78, 5) is 13.3. The summed E-state index contributed by atoms with van der Waals surface area (Å²) in [7, 11) is 4.85. The molecule has 6 nitrogen and oxygen atoms in total. The van der Waals surface area contributed by atoms with Crippen LogP contribution in [0.25, 0.3) is 0 Å². The van der Waals surface area contributed by atoms with Gasteiger partial charge in [0.25, 0.3) is 5.91 Å². The van der Waals surface area contributed by atoms with Gasteiger partial charge in [0.05, 0.1) is 33.1 Å². The first-order chi connectivity index (χ1) is 15.1. The fourth-order valence-electron chi connectivity index (χ4n) is 3.67. The molecule has 4 rings (SSSR count). The molecule has 1 atom stereocenters. The van der Waals surface area contributed by atoms with Crippen LogP contribution in [0.3, 0.4) is 0 Å². The Morgan fingerprint density at radius 1 is 0.839 bits per heavy atom. The van der Waals surface area contributed by atoms with Crippen molar-refractivity contribution in [3.8, 4) is 17.2 Å². The molecule has 0 N–H and O–H groups in total. The Balaban J connectivity index is 1.77. The van der Waals surface area contributed by atoms with Crippen LogP contribution >= 0.6 is 0 Å². The smallest absolute Gasteiger partial charge is 0.274 e. The van der Waals surface area contributed by atoms with Crippen LogP contribution in [-0.2, 0) is 0 Å². The quantitative estimate of drug-likeness (QED) is 0.584. The minimum atomic E-state index is -0.255. The molecule has 0 spiro atoms. The number of nitrogens with zero attached hydrogens (tertiary/aromatic N) is 2. The maximum atomic E-state index is 13.3. The molecule has 31 heavy (non-hydrogen) atoms. The van der Waals surface area contributed by atoms with E-state index in [1.807, 2.05) is 60.7 Å². The van der Waals surface area contributed by atoms with Gasteiger partial charge in [-0.3, -0.25) is 4.79 Å². The summed E-state index contributed by atoms with van der Waals surface area (Å²) in [6.07, 6.45) is 0.558. The van der Waals surface area contributed by atoms with Gasteiger partial charge in [-0.2, -0.15) is 5.10 Å². The fourth-order valence-corrected chi connectivity index (χ4v) is 3.67. The number of ether oxygens (including phenoxy) is 3. The van der Waals surface area contributed by atoms with Crippen LogP contribution in [0.15, 0.2) is 77.9 Å². The lowest BCUT2D eigenvalue weighted by Gasteiger charge is -2.22. The van der Waals surface area contributed by atoms with Gasteiger partial charge >= 0.3 is 0 Å². The molecule has 1 aliphatic rings. The van der Waals surface area contributed by atoms with E-state index in [9.17, 15) is 4.79 Å². The van der Waals surface area contributed by atoms with Gasteiger partial charge < -0.3 is 14.2 Å². The average molecular weight is 416 g/mol. The van der Waals surface area contributed by atoms with Gasteiger partial charge in [-0.05, 0) is 42.0 Å². The number of amides is 1. The monoisotopic (exact) mass is 416 g/mol.